The maximum absolute atomic E-state index is 11.9. The lowest BCUT2D eigenvalue weighted by Gasteiger charge is -2.13. The minimum absolute atomic E-state index is 0.179. The van der Waals surface area contributed by atoms with Gasteiger partial charge in [-0.3, -0.25) is 9.78 Å². The molecule has 1 heterocycles. The summed E-state index contributed by atoms with van der Waals surface area (Å²) < 4.78 is 0. The van der Waals surface area contributed by atoms with E-state index < -0.39 is 0 Å². The summed E-state index contributed by atoms with van der Waals surface area (Å²) in [5, 5.41) is 2.84. The van der Waals surface area contributed by atoms with Gasteiger partial charge in [0, 0.05) is 38.7 Å². The molecule has 0 atom stereocenters. The Morgan fingerprint density at radius 3 is 2.55 bits per heavy atom. The summed E-state index contributed by atoms with van der Waals surface area (Å²) in [6, 6.07) is 9.63. The third kappa shape index (κ3) is 3.47. The fourth-order valence-corrected chi connectivity index (χ4v) is 1.78. The van der Waals surface area contributed by atoms with Crippen LogP contribution in [0.15, 0.2) is 42.7 Å². The van der Waals surface area contributed by atoms with Gasteiger partial charge in [0.1, 0.15) is 0 Å². The summed E-state index contributed by atoms with van der Waals surface area (Å²) in [6.07, 6.45) is 3.01. The number of hydrogen-bond acceptors (Lipinski definition) is 4. The van der Waals surface area contributed by atoms with Crippen LogP contribution in [0.3, 0.4) is 0 Å². The van der Waals surface area contributed by atoms with Crippen molar-refractivity contribution in [1.82, 2.24) is 10.3 Å². The molecule has 1 amide bonds. The summed E-state index contributed by atoms with van der Waals surface area (Å²) >= 11 is 0. The number of nitrogens with one attached hydrogen (secondary N) is 1. The van der Waals surface area contributed by atoms with E-state index in [2.05, 4.69) is 10.3 Å². The lowest BCUT2D eigenvalue weighted by molar-refractivity contribution is 0.0950. The highest BCUT2D eigenvalue weighted by atomic mass is 16.1. The molecule has 0 unspecified atom stereocenters. The summed E-state index contributed by atoms with van der Waals surface area (Å²) in [5.41, 5.74) is 8.72. The molecule has 0 saturated carbocycles. The van der Waals surface area contributed by atoms with Crippen LogP contribution in [0, 0.1) is 0 Å². The zero-order valence-corrected chi connectivity index (χ0v) is 11.6. The molecular formula is C15H18N4O. The zero-order chi connectivity index (χ0) is 14.5. The average molecular weight is 270 g/mol. The highest BCUT2D eigenvalue weighted by molar-refractivity contribution is 5.94. The van der Waals surface area contributed by atoms with Gasteiger partial charge in [-0.1, -0.05) is 12.1 Å². The molecule has 0 aliphatic heterocycles. The first-order chi connectivity index (χ1) is 9.56. The number of carbonyl (C=O) groups is 1. The Morgan fingerprint density at radius 1 is 1.25 bits per heavy atom. The van der Waals surface area contributed by atoms with Crippen molar-refractivity contribution >= 4 is 17.3 Å². The zero-order valence-electron chi connectivity index (χ0n) is 11.6. The molecule has 104 valence electrons. The molecule has 2 aromatic rings. The number of benzene rings is 1. The number of anilines is 2. The Bertz CT molecular complexity index is 593. The van der Waals surface area contributed by atoms with Gasteiger partial charge in [-0.15, -0.1) is 0 Å². The van der Waals surface area contributed by atoms with Gasteiger partial charge in [-0.2, -0.15) is 0 Å². The maximum atomic E-state index is 11.9. The van der Waals surface area contributed by atoms with Crippen LogP contribution in [-0.2, 0) is 6.54 Å². The monoisotopic (exact) mass is 270 g/mol. The molecule has 1 aromatic carbocycles. The Kier molecular flexibility index (Phi) is 4.20. The average Bonchev–Trinajstić information content (AvgIpc) is 2.45. The lowest BCUT2D eigenvalue weighted by Crippen LogP contribution is -2.23. The topological polar surface area (TPSA) is 71.2 Å². The maximum Gasteiger partial charge on any atom is 0.253 e. The van der Waals surface area contributed by atoms with Crippen LogP contribution in [-0.4, -0.2) is 25.0 Å². The number of nitrogens with two attached hydrogens (primary N) is 1. The molecule has 0 fully saturated rings. The molecule has 0 bridgehead atoms. The third-order valence-corrected chi connectivity index (χ3v) is 2.93. The number of nitrogen functional groups attached to an aromatic ring is 1. The smallest absolute Gasteiger partial charge is 0.253 e. The predicted octanol–water partition coefficient (Wildman–Crippen LogP) is 1.66. The quantitative estimate of drug-likeness (QED) is 0.886. The Hall–Kier alpha value is -2.56. The van der Waals surface area contributed by atoms with E-state index in [1.807, 2.05) is 43.3 Å². The normalized spacial score (nSPS) is 10.1. The molecule has 0 saturated heterocycles. The van der Waals surface area contributed by atoms with Crippen molar-refractivity contribution in [2.75, 3.05) is 24.7 Å². The second kappa shape index (κ2) is 6.06. The fourth-order valence-electron chi connectivity index (χ4n) is 1.78. The summed E-state index contributed by atoms with van der Waals surface area (Å²) in [6.45, 7) is 0.474. The molecule has 0 aliphatic rings. The van der Waals surface area contributed by atoms with Gasteiger partial charge in [0.2, 0.25) is 0 Å². The number of carbonyl (C=O) groups excluding carboxylic acids is 1. The second-order valence-corrected chi connectivity index (χ2v) is 4.75. The molecule has 3 N–H and O–H groups in total. The first-order valence-electron chi connectivity index (χ1n) is 6.31. The number of aromatic nitrogens is 1. The Labute approximate surface area is 118 Å². The standard InChI is InChI=1S/C15H18N4O/c1-19(2)14-5-3-11(4-6-14)8-18-15(20)12-7-13(16)10-17-9-12/h3-7,9-10H,8,16H2,1-2H3,(H,18,20). The predicted molar refractivity (Wildman–Crippen MR) is 80.6 cm³/mol. The van der Waals surface area contributed by atoms with E-state index in [1.54, 1.807) is 6.07 Å². The first-order valence-corrected chi connectivity index (χ1v) is 6.31. The molecule has 1 aromatic heterocycles. The van der Waals surface area contributed by atoms with Gasteiger partial charge in [0.15, 0.2) is 0 Å². The van der Waals surface area contributed by atoms with E-state index in [0.717, 1.165) is 11.3 Å². The highest BCUT2D eigenvalue weighted by Gasteiger charge is 2.06. The SMILES string of the molecule is CN(C)c1ccc(CNC(=O)c2cncc(N)c2)cc1. The third-order valence-electron chi connectivity index (χ3n) is 2.93. The van der Waals surface area contributed by atoms with Crippen LogP contribution in [0.25, 0.3) is 0 Å². The van der Waals surface area contributed by atoms with Crippen molar-refractivity contribution in [3.63, 3.8) is 0 Å². The van der Waals surface area contributed by atoms with Crippen molar-refractivity contribution in [3.8, 4) is 0 Å². The molecule has 0 radical (unpaired) electrons. The second-order valence-electron chi connectivity index (χ2n) is 4.75. The van der Waals surface area contributed by atoms with E-state index in [4.69, 9.17) is 5.73 Å². The van der Waals surface area contributed by atoms with Gasteiger partial charge in [0.25, 0.3) is 5.91 Å². The number of hydrogen-bond donors (Lipinski definition) is 2. The van der Waals surface area contributed by atoms with Crippen LogP contribution in [0.1, 0.15) is 15.9 Å². The van der Waals surface area contributed by atoms with Crippen molar-refractivity contribution in [2.24, 2.45) is 0 Å². The molecule has 2 rings (SSSR count). The van der Waals surface area contributed by atoms with Crippen molar-refractivity contribution < 1.29 is 4.79 Å². The number of rotatable bonds is 4. The molecular weight excluding hydrogens is 252 g/mol. The van der Waals surface area contributed by atoms with Crippen molar-refractivity contribution in [1.29, 1.82) is 0 Å². The van der Waals surface area contributed by atoms with Crippen LogP contribution < -0.4 is 16.0 Å². The first kappa shape index (κ1) is 13.9. The van der Waals surface area contributed by atoms with E-state index in [-0.39, 0.29) is 5.91 Å². The highest BCUT2D eigenvalue weighted by Crippen LogP contribution is 2.12. The Balaban J connectivity index is 1.96. The van der Waals surface area contributed by atoms with E-state index in [1.165, 1.54) is 12.4 Å². The van der Waals surface area contributed by atoms with Gasteiger partial charge < -0.3 is 16.0 Å². The largest absolute Gasteiger partial charge is 0.397 e. The van der Waals surface area contributed by atoms with E-state index in [0.29, 0.717) is 17.8 Å². The van der Waals surface area contributed by atoms with Crippen LogP contribution in [0.2, 0.25) is 0 Å². The number of nitrogens with zero attached hydrogens (tertiary/aromatic N) is 2. The summed E-state index contributed by atoms with van der Waals surface area (Å²) in [4.78, 5) is 17.9. The number of pyridine rings is 1. The van der Waals surface area contributed by atoms with Crippen molar-refractivity contribution in [2.45, 2.75) is 6.54 Å². The molecule has 0 aliphatic carbocycles. The van der Waals surface area contributed by atoms with Crippen LogP contribution in [0.4, 0.5) is 11.4 Å². The minimum Gasteiger partial charge on any atom is -0.397 e. The Morgan fingerprint density at radius 2 is 1.95 bits per heavy atom. The summed E-state index contributed by atoms with van der Waals surface area (Å²) in [7, 11) is 3.98. The van der Waals surface area contributed by atoms with Crippen LogP contribution >= 0.6 is 0 Å². The van der Waals surface area contributed by atoms with Gasteiger partial charge in [-0.05, 0) is 23.8 Å². The number of amides is 1. The van der Waals surface area contributed by atoms with Gasteiger partial charge in [0.05, 0.1) is 11.3 Å². The fraction of sp³-hybridized carbons (Fsp3) is 0.200. The molecule has 5 nitrogen and oxygen atoms in total. The van der Waals surface area contributed by atoms with Crippen molar-refractivity contribution in [3.05, 3.63) is 53.9 Å². The molecule has 5 heteroatoms. The van der Waals surface area contributed by atoms with E-state index in [9.17, 15) is 4.79 Å². The van der Waals surface area contributed by atoms with Gasteiger partial charge >= 0.3 is 0 Å². The van der Waals surface area contributed by atoms with Crippen LogP contribution in [0.5, 0.6) is 0 Å². The van der Waals surface area contributed by atoms with E-state index >= 15 is 0 Å². The summed E-state index contributed by atoms with van der Waals surface area (Å²) in [5.74, 6) is -0.179. The van der Waals surface area contributed by atoms with Gasteiger partial charge in [-0.25, -0.2) is 0 Å². The minimum atomic E-state index is -0.179. The molecule has 0 spiro atoms. The molecule has 20 heavy (non-hydrogen) atoms. The lowest BCUT2D eigenvalue weighted by atomic mass is 10.2.